The number of nitrogens with two attached hydrogens (primary N) is 1. The lowest BCUT2D eigenvalue weighted by molar-refractivity contribution is -0.134. The maximum absolute atomic E-state index is 12.1. The number of hydrogen-bond acceptors (Lipinski definition) is 6. The van der Waals surface area contributed by atoms with Crippen LogP contribution in [0.5, 0.6) is 0 Å². The van der Waals surface area contributed by atoms with E-state index in [9.17, 15) is 9.59 Å². The summed E-state index contributed by atoms with van der Waals surface area (Å²) in [4.78, 5) is 30.6. The summed E-state index contributed by atoms with van der Waals surface area (Å²) in [5, 5.41) is 6.15. The van der Waals surface area contributed by atoms with Crippen LogP contribution in [-0.2, 0) is 9.59 Å². The van der Waals surface area contributed by atoms with Gasteiger partial charge in [0, 0.05) is 25.6 Å². The van der Waals surface area contributed by atoms with Crippen LogP contribution in [-0.4, -0.2) is 49.0 Å². The number of amides is 2. The smallest absolute Gasteiger partial charge is 0.235 e. The molecule has 4 N–H and O–H groups in total. The molecule has 0 aromatic carbocycles. The van der Waals surface area contributed by atoms with Crippen LogP contribution in [0.15, 0.2) is 12.3 Å². The number of pyridine rings is 1. The van der Waals surface area contributed by atoms with Crippen LogP contribution in [0.25, 0.3) is 0 Å². The van der Waals surface area contributed by atoms with Crippen LogP contribution < -0.4 is 21.3 Å². The summed E-state index contributed by atoms with van der Waals surface area (Å²) in [6.45, 7) is 6.44. The molecule has 7 heteroatoms. The number of nitrogens with one attached hydrogen (secondary N) is 2. The molecule has 3 fully saturated rings. The molecule has 1 aliphatic carbocycles. The van der Waals surface area contributed by atoms with Gasteiger partial charge < -0.3 is 16.0 Å². The molecule has 3 heterocycles. The second-order valence-corrected chi connectivity index (χ2v) is 9.77. The number of rotatable bonds is 6. The highest BCUT2D eigenvalue weighted by atomic mass is 16.2. The third kappa shape index (κ3) is 5.63. The van der Waals surface area contributed by atoms with Crippen LogP contribution in [0.1, 0.15) is 68.5 Å². The molecule has 0 spiro atoms. The van der Waals surface area contributed by atoms with Gasteiger partial charge in [0.1, 0.15) is 0 Å². The van der Waals surface area contributed by atoms with Gasteiger partial charge in [0.2, 0.25) is 11.8 Å². The van der Waals surface area contributed by atoms with Crippen LogP contribution in [0.4, 0.5) is 5.69 Å². The van der Waals surface area contributed by atoms with Gasteiger partial charge in [0.15, 0.2) is 0 Å². The monoisotopic (exact) mass is 427 g/mol. The molecular weight excluding hydrogens is 390 g/mol. The standard InChI is InChI=1S/C24H37N5O2/c1-16-12-21(20-6-7-23(30)28-24(20)31)27-15-22(16)29-10-8-18(9-11-29)14-26-13-17-2-4-19(25)5-3-17/h12,15,17-20,26H,2-11,13-14,25H2,1H3,(H,28,30,31). The predicted octanol–water partition coefficient (Wildman–Crippen LogP) is 2.23. The maximum atomic E-state index is 12.1. The van der Waals surface area contributed by atoms with Crippen molar-refractivity contribution in [2.24, 2.45) is 17.6 Å². The Morgan fingerprint density at radius 3 is 2.39 bits per heavy atom. The number of hydrogen-bond donors (Lipinski definition) is 3. The SMILES string of the molecule is Cc1cc(C2CCC(=O)NC2=O)ncc1N1CCC(CNCC2CCC(N)CC2)CC1. The van der Waals surface area contributed by atoms with Crippen LogP contribution in [0.3, 0.4) is 0 Å². The average molecular weight is 428 g/mol. The molecule has 4 rings (SSSR count). The van der Waals surface area contributed by atoms with Crippen molar-refractivity contribution in [3.63, 3.8) is 0 Å². The molecule has 1 aromatic heterocycles. The fraction of sp³-hybridized carbons (Fsp3) is 0.708. The van der Waals surface area contributed by atoms with E-state index in [1.807, 2.05) is 12.3 Å². The summed E-state index contributed by atoms with van der Waals surface area (Å²) in [5.74, 6) is 0.812. The Hall–Kier alpha value is -1.99. The molecule has 1 saturated carbocycles. The Balaban J connectivity index is 1.24. The first-order chi connectivity index (χ1) is 15.0. The molecule has 3 aliphatic rings. The highest BCUT2D eigenvalue weighted by molar-refractivity contribution is 6.00. The quantitative estimate of drug-likeness (QED) is 0.602. The van der Waals surface area contributed by atoms with E-state index >= 15 is 0 Å². The molecule has 0 radical (unpaired) electrons. The van der Waals surface area contributed by atoms with Crippen LogP contribution in [0, 0.1) is 18.8 Å². The topological polar surface area (TPSA) is 100 Å². The Morgan fingerprint density at radius 1 is 1.06 bits per heavy atom. The predicted molar refractivity (Wildman–Crippen MR) is 122 cm³/mol. The first kappa shape index (κ1) is 22.2. The van der Waals surface area contributed by atoms with Crippen molar-refractivity contribution in [3.05, 3.63) is 23.5 Å². The van der Waals surface area contributed by atoms with Crippen molar-refractivity contribution in [3.8, 4) is 0 Å². The van der Waals surface area contributed by atoms with E-state index in [1.54, 1.807) is 0 Å². The Morgan fingerprint density at radius 2 is 1.74 bits per heavy atom. The van der Waals surface area contributed by atoms with Gasteiger partial charge in [-0.25, -0.2) is 0 Å². The summed E-state index contributed by atoms with van der Waals surface area (Å²) >= 11 is 0. The largest absolute Gasteiger partial charge is 0.370 e. The molecule has 1 aromatic rings. The molecule has 31 heavy (non-hydrogen) atoms. The minimum Gasteiger partial charge on any atom is -0.370 e. The van der Waals surface area contributed by atoms with Gasteiger partial charge in [-0.3, -0.25) is 19.9 Å². The van der Waals surface area contributed by atoms with Gasteiger partial charge in [0.25, 0.3) is 0 Å². The number of carbonyl (C=O) groups is 2. The molecular formula is C24H37N5O2. The lowest BCUT2D eigenvalue weighted by atomic mass is 9.86. The summed E-state index contributed by atoms with van der Waals surface area (Å²) in [6, 6.07) is 2.45. The van der Waals surface area contributed by atoms with Crippen molar-refractivity contribution in [1.82, 2.24) is 15.6 Å². The highest BCUT2D eigenvalue weighted by Gasteiger charge is 2.30. The molecule has 7 nitrogen and oxygen atoms in total. The third-order valence-corrected chi connectivity index (χ3v) is 7.41. The zero-order valence-electron chi connectivity index (χ0n) is 18.7. The van der Waals surface area contributed by atoms with E-state index in [1.165, 1.54) is 44.2 Å². The van der Waals surface area contributed by atoms with Crippen LogP contribution in [0.2, 0.25) is 0 Å². The first-order valence-corrected chi connectivity index (χ1v) is 12.0. The number of carbonyl (C=O) groups excluding carboxylic acids is 2. The second kappa shape index (κ2) is 10.1. The number of piperidine rings is 2. The van der Waals surface area contributed by atoms with Gasteiger partial charge in [-0.15, -0.1) is 0 Å². The van der Waals surface area contributed by atoms with Crippen molar-refractivity contribution < 1.29 is 9.59 Å². The van der Waals surface area contributed by atoms with E-state index in [-0.39, 0.29) is 17.7 Å². The molecule has 2 amide bonds. The molecule has 2 aliphatic heterocycles. The molecule has 1 unspecified atom stereocenters. The maximum Gasteiger partial charge on any atom is 0.235 e. The van der Waals surface area contributed by atoms with Gasteiger partial charge in [-0.2, -0.15) is 0 Å². The Kier molecular flexibility index (Phi) is 7.23. The van der Waals surface area contributed by atoms with Crippen molar-refractivity contribution in [1.29, 1.82) is 0 Å². The van der Waals surface area contributed by atoms with E-state index in [0.717, 1.165) is 49.3 Å². The fourth-order valence-electron chi connectivity index (χ4n) is 5.33. The van der Waals surface area contributed by atoms with E-state index in [4.69, 9.17) is 5.73 Å². The average Bonchev–Trinajstić information content (AvgIpc) is 2.76. The number of anilines is 1. The Labute approximate surface area is 185 Å². The minimum absolute atomic E-state index is 0.185. The third-order valence-electron chi connectivity index (χ3n) is 7.41. The lowest BCUT2D eigenvalue weighted by Crippen LogP contribution is -2.40. The van der Waals surface area contributed by atoms with Crippen molar-refractivity contribution in [2.45, 2.75) is 70.3 Å². The normalized spacial score (nSPS) is 27.9. The second-order valence-electron chi connectivity index (χ2n) is 9.77. The number of aryl methyl sites for hydroxylation is 1. The first-order valence-electron chi connectivity index (χ1n) is 12.0. The minimum atomic E-state index is -0.317. The van der Waals surface area contributed by atoms with Gasteiger partial charge in [-0.1, -0.05) is 0 Å². The van der Waals surface area contributed by atoms with Crippen molar-refractivity contribution in [2.75, 3.05) is 31.1 Å². The van der Waals surface area contributed by atoms with Crippen molar-refractivity contribution >= 4 is 17.5 Å². The zero-order valence-corrected chi connectivity index (χ0v) is 18.7. The number of nitrogens with zero attached hydrogens (tertiary/aromatic N) is 2. The van der Waals surface area contributed by atoms with Gasteiger partial charge in [0.05, 0.1) is 23.5 Å². The summed E-state index contributed by atoms with van der Waals surface area (Å²) in [6.07, 6.45) is 10.1. The lowest BCUT2D eigenvalue weighted by Gasteiger charge is -2.35. The summed E-state index contributed by atoms with van der Waals surface area (Å²) in [7, 11) is 0. The van der Waals surface area contributed by atoms with E-state index in [2.05, 4.69) is 27.4 Å². The van der Waals surface area contributed by atoms with Crippen LogP contribution >= 0.6 is 0 Å². The molecule has 2 saturated heterocycles. The number of aromatic nitrogens is 1. The summed E-state index contributed by atoms with van der Waals surface area (Å²) < 4.78 is 0. The fourth-order valence-corrected chi connectivity index (χ4v) is 5.33. The number of imide groups is 1. The zero-order chi connectivity index (χ0) is 21.8. The molecule has 170 valence electrons. The Bertz CT molecular complexity index is 782. The molecule has 0 bridgehead atoms. The highest BCUT2D eigenvalue weighted by Crippen LogP contribution is 2.30. The van der Waals surface area contributed by atoms with E-state index in [0.29, 0.717) is 18.9 Å². The van der Waals surface area contributed by atoms with Gasteiger partial charge >= 0.3 is 0 Å². The summed E-state index contributed by atoms with van der Waals surface area (Å²) in [5.41, 5.74) is 9.11. The van der Waals surface area contributed by atoms with Gasteiger partial charge in [-0.05, 0) is 88.4 Å². The van der Waals surface area contributed by atoms with E-state index < -0.39 is 0 Å². The molecule has 1 atom stereocenters.